The highest BCUT2D eigenvalue weighted by atomic mass is 16.5. The first-order chi connectivity index (χ1) is 25.2. The molecule has 0 unspecified atom stereocenters. The van der Waals surface area contributed by atoms with E-state index in [1.807, 2.05) is 97.7 Å². The Morgan fingerprint density at radius 1 is 0.596 bits per heavy atom. The van der Waals surface area contributed by atoms with Gasteiger partial charge < -0.3 is 28.1 Å². The summed E-state index contributed by atoms with van der Waals surface area (Å²) in [6, 6.07) is 18.9. The summed E-state index contributed by atoms with van der Waals surface area (Å²) in [5.74, 6) is -3.71. The van der Waals surface area contributed by atoms with Crippen LogP contribution in [0.2, 0.25) is 0 Å². The Kier molecular flexibility index (Phi) is 15.6. The number of aryl methyl sites for hydroxylation is 2. The lowest BCUT2D eigenvalue weighted by atomic mass is 9.87. The average Bonchev–Trinajstić information content (AvgIpc) is 3.77. The number of rotatable bonds is 21. The van der Waals surface area contributed by atoms with Gasteiger partial charge in [0.05, 0.1) is 50.5 Å². The molecule has 0 bridgehead atoms. The van der Waals surface area contributed by atoms with Crippen molar-refractivity contribution in [1.82, 2.24) is 19.1 Å². The third kappa shape index (κ3) is 12.2. The molecule has 12 heteroatoms. The summed E-state index contributed by atoms with van der Waals surface area (Å²) in [6.45, 7) is 4.02. The smallest absolute Gasteiger partial charge is 0.309 e. The zero-order chi connectivity index (χ0) is 37.3. The van der Waals surface area contributed by atoms with Crippen LogP contribution in [0.1, 0.15) is 62.0 Å². The van der Waals surface area contributed by atoms with Crippen LogP contribution in [0.4, 0.5) is 0 Å². The Hall–Kier alpha value is -5.26. The third-order valence-electron chi connectivity index (χ3n) is 9.30. The van der Waals surface area contributed by atoms with Crippen LogP contribution in [-0.2, 0) is 78.3 Å². The largest absolute Gasteiger partial charge is 0.465 e. The van der Waals surface area contributed by atoms with Crippen molar-refractivity contribution in [3.8, 4) is 0 Å². The molecule has 4 aromatic rings. The standard InChI is InChI=1S/C40H50N4O8/c1-5-35(39(47)51-23-29-13-9-7-10-14-29)31(19-33-21-41-27-43(33)3)25-49-37(45)17-18-38(46)50-26-32(20-34-22-42-28-44(34)4)36(6-2)40(48)52-24-30-15-11-8-12-16-30/h7-16,21-22,27-28,31-32,35-36H,5-6,17-20,23-26H2,1-4H3/t31-,32-,35-,36-/m0/s1. The van der Waals surface area contributed by atoms with Gasteiger partial charge in [0.1, 0.15) is 13.2 Å². The molecule has 0 spiro atoms. The van der Waals surface area contributed by atoms with Crippen molar-refractivity contribution in [2.45, 2.75) is 65.6 Å². The van der Waals surface area contributed by atoms with E-state index in [1.54, 1.807) is 25.0 Å². The average molecular weight is 715 g/mol. The van der Waals surface area contributed by atoms with Crippen molar-refractivity contribution in [3.05, 3.63) is 108 Å². The van der Waals surface area contributed by atoms with E-state index in [0.717, 1.165) is 22.5 Å². The molecular weight excluding hydrogens is 664 g/mol. The van der Waals surface area contributed by atoms with Gasteiger partial charge in [-0.15, -0.1) is 0 Å². The van der Waals surface area contributed by atoms with Crippen LogP contribution in [0.3, 0.4) is 0 Å². The number of hydrogen-bond donors (Lipinski definition) is 0. The van der Waals surface area contributed by atoms with E-state index in [1.165, 1.54) is 0 Å². The summed E-state index contributed by atoms with van der Waals surface area (Å²) in [6.07, 6.45) is 8.25. The highest BCUT2D eigenvalue weighted by Crippen LogP contribution is 2.25. The van der Waals surface area contributed by atoms with Crippen LogP contribution in [-0.4, -0.2) is 56.2 Å². The Labute approximate surface area is 305 Å². The molecule has 0 fully saturated rings. The normalized spacial score (nSPS) is 13.4. The monoisotopic (exact) mass is 714 g/mol. The molecule has 12 nitrogen and oxygen atoms in total. The maximum Gasteiger partial charge on any atom is 0.309 e. The van der Waals surface area contributed by atoms with E-state index in [0.29, 0.717) is 25.7 Å². The van der Waals surface area contributed by atoms with Gasteiger partial charge in [0.2, 0.25) is 0 Å². The summed E-state index contributed by atoms with van der Waals surface area (Å²) in [7, 11) is 3.73. The minimum absolute atomic E-state index is 0.0337. The summed E-state index contributed by atoms with van der Waals surface area (Å²) < 4.78 is 26.3. The first-order valence-electron chi connectivity index (χ1n) is 17.8. The molecule has 0 aliphatic heterocycles. The molecule has 4 atom stereocenters. The van der Waals surface area contributed by atoms with Crippen LogP contribution in [0.25, 0.3) is 0 Å². The van der Waals surface area contributed by atoms with Crippen LogP contribution >= 0.6 is 0 Å². The fourth-order valence-electron chi connectivity index (χ4n) is 6.14. The lowest BCUT2D eigenvalue weighted by Crippen LogP contribution is -2.32. The quantitative estimate of drug-likeness (QED) is 0.0794. The third-order valence-corrected chi connectivity index (χ3v) is 9.30. The number of carbonyl (C=O) groups is 4. The molecule has 0 aliphatic rings. The molecule has 0 saturated carbocycles. The Balaban J connectivity index is 1.32. The van der Waals surface area contributed by atoms with Gasteiger partial charge >= 0.3 is 23.9 Å². The number of aromatic nitrogens is 4. The SMILES string of the molecule is CC[C@H](C(=O)OCc1ccccc1)[C@H](COC(=O)CCC(=O)OC[C@H](Cc1cncn1C)[C@H](CC)C(=O)OCc1ccccc1)Cc1cncn1C. The van der Waals surface area contributed by atoms with Crippen LogP contribution in [0.15, 0.2) is 85.7 Å². The van der Waals surface area contributed by atoms with Crippen molar-refractivity contribution >= 4 is 23.9 Å². The molecule has 0 aliphatic carbocycles. The topological polar surface area (TPSA) is 141 Å². The fourth-order valence-corrected chi connectivity index (χ4v) is 6.14. The van der Waals surface area contributed by atoms with Gasteiger partial charge in [-0.3, -0.25) is 19.2 Å². The molecule has 278 valence electrons. The Bertz CT molecular complexity index is 1580. The van der Waals surface area contributed by atoms with Gasteiger partial charge in [-0.2, -0.15) is 0 Å². The van der Waals surface area contributed by atoms with Gasteiger partial charge in [0.25, 0.3) is 0 Å². The number of hydrogen-bond acceptors (Lipinski definition) is 10. The molecule has 0 amide bonds. The van der Waals surface area contributed by atoms with E-state index in [-0.39, 0.29) is 63.0 Å². The van der Waals surface area contributed by atoms with E-state index >= 15 is 0 Å². The second-order valence-electron chi connectivity index (χ2n) is 13.0. The predicted octanol–water partition coefficient (Wildman–Crippen LogP) is 5.58. The fraction of sp³-hybridized carbons (Fsp3) is 0.450. The van der Waals surface area contributed by atoms with Crippen molar-refractivity contribution in [2.24, 2.45) is 37.8 Å². The van der Waals surface area contributed by atoms with E-state index in [4.69, 9.17) is 18.9 Å². The first-order valence-corrected chi connectivity index (χ1v) is 17.8. The highest BCUT2D eigenvalue weighted by Gasteiger charge is 2.32. The van der Waals surface area contributed by atoms with Gasteiger partial charge in [0.15, 0.2) is 0 Å². The minimum Gasteiger partial charge on any atom is -0.465 e. The lowest BCUT2D eigenvalue weighted by Gasteiger charge is -2.25. The van der Waals surface area contributed by atoms with Gasteiger partial charge in [-0.1, -0.05) is 74.5 Å². The number of imidazole rings is 2. The number of ether oxygens (including phenoxy) is 4. The molecule has 0 N–H and O–H groups in total. The van der Waals surface area contributed by atoms with Crippen molar-refractivity contribution in [1.29, 1.82) is 0 Å². The van der Waals surface area contributed by atoms with Gasteiger partial charge in [-0.05, 0) is 36.8 Å². The van der Waals surface area contributed by atoms with Crippen molar-refractivity contribution in [2.75, 3.05) is 13.2 Å². The van der Waals surface area contributed by atoms with Gasteiger partial charge in [0, 0.05) is 49.7 Å². The van der Waals surface area contributed by atoms with Crippen LogP contribution in [0, 0.1) is 23.7 Å². The summed E-state index contributed by atoms with van der Waals surface area (Å²) in [5.41, 5.74) is 3.52. The number of benzene rings is 2. The minimum atomic E-state index is -0.582. The van der Waals surface area contributed by atoms with E-state index < -0.39 is 23.8 Å². The van der Waals surface area contributed by atoms with Crippen LogP contribution in [0.5, 0.6) is 0 Å². The summed E-state index contributed by atoms with van der Waals surface area (Å²) in [5, 5.41) is 0. The zero-order valence-electron chi connectivity index (χ0n) is 30.5. The molecule has 52 heavy (non-hydrogen) atoms. The Morgan fingerprint density at radius 3 is 1.31 bits per heavy atom. The second-order valence-corrected chi connectivity index (χ2v) is 13.0. The molecular formula is C40H50N4O8. The van der Waals surface area contributed by atoms with Crippen LogP contribution < -0.4 is 0 Å². The molecule has 0 saturated heterocycles. The first kappa shape index (κ1) is 39.5. The maximum absolute atomic E-state index is 13.2. The maximum atomic E-state index is 13.2. The zero-order valence-corrected chi connectivity index (χ0v) is 30.5. The van der Waals surface area contributed by atoms with Crippen molar-refractivity contribution < 1.29 is 38.1 Å². The predicted molar refractivity (Wildman–Crippen MR) is 192 cm³/mol. The van der Waals surface area contributed by atoms with E-state index in [2.05, 4.69) is 9.97 Å². The number of nitrogens with zero attached hydrogens (tertiary/aromatic N) is 4. The lowest BCUT2D eigenvalue weighted by molar-refractivity contribution is -0.158. The molecule has 2 aromatic heterocycles. The van der Waals surface area contributed by atoms with Crippen molar-refractivity contribution in [3.63, 3.8) is 0 Å². The molecule has 0 radical (unpaired) electrons. The summed E-state index contributed by atoms with van der Waals surface area (Å²) in [4.78, 5) is 60.6. The number of carbonyl (C=O) groups excluding carboxylic acids is 4. The highest BCUT2D eigenvalue weighted by molar-refractivity contribution is 5.78. The summed E-state index contributed by atoms with van der Waals surface area (Å²) >= 11 is 0. The van der Waals surface area contributed by atoms with E-state index in [9.17, 15) is 19.2 Å². The number of esters is 4. The second kappa shape index (κ2) is 20.6. The Morgan fingerprint density at radius 2 is 0.981 bits per heavy atom. The van der Waals surface area contributed by atoms with Gasteiger partial charge in [-0.25, -0.2) is 9.97 Å². The molecule has 4 rings (SSSR count). The molecule has 2 aromatic carbocycles. The molecule has 2 heterocycles.